The molecule has 6 heteroatoms. The van der Waals surface area contributed by atoms with Gasteiger partial charge in [0.1, 0.15) is 0 Å². The first-order chi connectivity index (χ1) is 11.1. The molecular weight excluding hydrogens is 396 g/mol. The molecule has 3 nitrogen and oxygen atoms in total. The van der Waals surface area contributed by atoms with E-state index in [0.29, 0.717) is 0 Å². The predicted molar refractivity (Wildman–Crippen MR) is 99.2 cm³/mol. The summed E-state index contributed by atoms with van der Waals surface area (Å²) in [6, 6.07) is 12.1. The van der Waals surface area contributed by atoms with E-state index in [-0.39, 0.29) is 11.9 Å². The summed E-state index contributed by atoms with van der Waals surface area (Å²) in [7, 11) is 0. The van der Waals surface area contributed by atoms with Crippen LogP contribution in [0.25, 0.3) is 0 Å². The second-order valence-corrected chi connectivity index (χ2v) is 8.65. The molecule has 3 rings (SSSR count). The topological polar surface area (TPSA) is 32.3 Å². The van der Waals surface area contributed by atoms with Gasteiger partial charge in [-0.05, 0) is 58.6 Å². The number of benzene rings is 1. The lowest BCUT2D eigenvalue weighted by Gasteiger charge is -2.32. The molecule has 0 radical (unpaired) electrons. The fourth-order valence-electron chi connectivity index (χ4n) is 2.78. The second kappa shape index (κ2) is 7.79. The van der Waals surface area contributed by atoms with Gasteiger partial charge in [0, 0.05) is 30.7 Å². The summed E-state index contributed by atoms with van der Waals surface area (Å²) >= 11 is 10.8. The Hall–Kier alpha value is -0.880. The Labute approximate surface area is 153 Å². The van der Waals surface area contributed by atoms with E-state index in [9.17, 15) is 4.79 Å². The van der Waals surface area contributed by atoms with Gasteiger partial charge in [0.25, 0.3) is 5.91 Å². The summed E-state index contributed by atoms with van der Waals surface area (Å²) < 4.78 is 0.987. The van der Waals surface area contributed by atoms with Gasteiger partial charge in [-0.2, -0.15) is 0 Å². The number of halogens is 2. The summed E-state index contributed by atoms with van der Waals surface area (Å²) in [5.41, 5.74) is 1.28. The van der Waals surface area contributed by atoms with Crippen LogP contribution >= 0.6 is 38.9 Å². The van der Waals surface area contributed by atoms with E-state index in [1.165, 1.54) is 16.9 Å². The maximum Gasteiger partial charge on any atom is 0.261 e. The van der Waals surface area contributed by atoms with Crippen molar-refractivity contribution >= 4 is 44.8 Å². The molecule has 1 saturated heterocycles. The van der Waals surface area contributed by atoms with Gasteiger partial charge in [0.15, 0.2) is 0 Å². The highest BCUT2D eigenvalue weighted by Gasteiger charge is 2.21. The number of hydrogen-bond donors (Lipinski definition) is 1. The third-order valence-corrected chi connectivity index (χ3v) is 5.91. The van der Waals surface area contributed by atoms with Gasteiger partial charge in [0.05, 0.1) is 8.66 Å². The van der Waals surface area contributed by atoms with Crippen LogP contribution < -0.4 is 5.32 Å². The molecular formula is C17H18BrClN2OS. The smallest absolute Gasteiger partial charge is 0.261 e. The van der Waals surface area contributed by atoms with Gasteiger partial charge >= 0.3 is 0 Å². The van der Waals surface area contributed by atoms with Crippen molar-refractivity contribution in [2.24, 2.45) is 0 Å². The SMILES string of the molecule is O=C(NC1CCN(Cc2ccc(Cl)cc2)CC1)c1ccc(Br)s1. The Morgan fingerprint density at radius 3 is 2.52 bits per heavy atom. The fraction of sp³-hybridized carbons (Fsp3) is 0.353. The van der Waals surface area contributed by atoms with E-state index in [2.05, 4.69) is 38.3 Å². The van der Waals surface area contributed by atoms with Crippen LogP contribution in [0.1, 0.15) is 28.1 Å². The molecule has 23 heavy (non-hydrogen) atoms. The standard InChI is InChI=1S/C17H18BrClN2OS/c18-16-6-5-15(23-16)17(22)20-14-7-9-21(10-8-14)11-12-1-3-13(19)4-2-12/h1-6,14H,7-11H2,(H,20,22). The highest BCUT2D eigenvalue weighted by Crippen LogP contribution is 2.22. The van der Waals surface area contributed by atoms with E-state index in [1.807, 2.05) is 24.3 Å². The summed E-state index contributed by atoms with van der Waals surface area (Å²) in [6.45, 7) is 2.94. The lowest BCUT2D eigenvalue weighted by atomic mass is 10.0. The number of rotatable bonds is 4. The number of piperidine rings is 1. The molecule has 1 N–H and O–H groups in total. The monoisotopic (exact) mass is 412 g/mol. The predicted octanol–water partition coefficient (Wildman–Crippen LogP) is 4.56. The zero-order valence-electron chi connectivity index (χ0n) is 12.6. The Bertz CT molecular complexity index is 665. The Balaban J connectivity index is 1.46. The molecule has 2 aromatic rings. The van der Waals surface area contributed by atoms with Gasteiger partial charge < -0.3 is 5.32 Å². The van der Waals surface area contributed by atoms with Crippen LogP contribution in [-0.4, -0.2) is 29.9 Å². The van der Waals surface area contributed by atoms with E-state index in [1.54, 1.807) is 0 Å². The van der Waals surface area contributed by atoms with Crippen molar-refractivity contribution in [3.05, 3.63) is 55.6 Å². The number of likely N-dealkylation sites (tertiary alicyclic amines) is 1. The average molecular weight is 414 g/mol. The van der Waals surface area contributed by atoms with Crippen LogP contribution in [-0.2, 0) is 6.54 Å². The van der Waals surface area contributed by atoms with Gasteiger partial charge in [-0.25, -0.2) is 0 Å². The summed E-state index contributed by atoms with van der Waals surface area (Å²) in [5, 5.41) is 3.92. The summed E-state index contributed by atoms with van der Waals surface area (Å²) in [4.78, 5) is 15.4. The van der Waals surface area contributed by atoms with Crippen LogP contribution in [0, 0.1) is 0 Å². The number of hydrogen-bond acceptors (Lipinski definition) is 3. The van der Waals surface area contributed by atoms with Crippen molar-refractivity contribution in [3.63, 3.8) is 0 Å². The molecule has 1 aromatic heterocycles. The molecule has 1 aliphatic rings. The highest BCUT2D eigenvalue weighted by molar-refractivity contribution is 9.11. The minimum absolute atomic E-state index is 0.0388. The number of amides is 1. The summed E-state index contributed by atoms with van der Waals surface area (Å²) in [6.07, 6.45) is 1.98. The van der Waals surface area contributed by atoms with Crippen LogP contribution in [0.15, 0.2) is 40.2 Å². The van der Waals surface area contributed by atoms with Gasteiger partial charge in [-0.1, -0.05) is 23.7 Å². The number of nitrogens with one attached hydrogen (secondary N) is 1. The normalized spacial score (nSPS) is 16.4. The van der Waals surface area contributed by atoms with E-state index < -0.39 is 0 Å². The first-order valence-corrected chi connectivity index (χ1v) is 9.62. The molecule has 0 spiro atoms. The zero-order valence-corrected chi connectivity index (χ0v) is 15.8. The quantitative estimate of drug-likeness (QED) is 0.797. The third-order valence-electron chi connectivity index (χ3n) is 4.04. The molecule has 0 bridgehead atoms. The Kier molecular flexibility index (Phi) is 5.75. The third kappa shape index (κ3) is 4.80. The first kappa shape index (κ1) is 17.0. The van der Waals surface area contributed by atoms with Gasteiger partial charge in [-0.15, -0.1) is 11.3 Å². The zero-order chi connectivity index (χ0) is 16.2. The summed E-state index contributed by atoms with van der Waals surface area (Å²) in [5.74, 6) is 0.0388. The fourth-order valence-corrected chi connectivity index (χ4v) is 4.19. The highest BCUT2D eigenvalue weighted by atomic mass is 79.9. The molecule has 1 amide bonds. The van der Waals surface area contributed by atoms with E-state index in [4.69, 9.17) is 11.6 Å². The number of carbonyl (C=O) groups excluding carboxylic acids is 1. The van der Waals surface area contributed by atoms with E-state index >= 15 is 0 Å². The van der Waals surface area contributed by atoms with E-state index in [0.717, 1.165) is 46.2 Å². The van der Waals surface area contributed by atoms with Crippen molar-refractivity contribution < 1.29 is 4.79 Å². The lowest BCUT2D eigenvalue weighted by Crippen LogP contribution is -2.44. The number of nitrogens with zero attached hydrogens (tertiary/aromatic N) is 1. The molecule has 0 atom stereocenters. The molecule has 0 aliphatic carbocycles. The maximum atomic E-state index is 12.2. The number of thiophene rings is 1. The average Bonchev–Trinajstić information content (AvgIpc) is 2.98. The molecule has 0 unspecified atom stereocenters. The first-order valence-electron chi connectivity index (χ1n) is 7.63. The van der Waals surface area contributed by atoms with Gasteiger partial charge in [0.2, 0.25) is 0 Å². The van der Waals surface area contributed by atoms with Crippen LogP contribution in [0.4, 0.5) is 0 Å². The van der Waals surface area contributed by atoms with Gasteiger partial charge in [-0.3, -0.25) is 9.69 Å². The molecule has 1 aromatic carbocycles. The van der Waals surface area contributed by atoms with Crippen molar-refractivity contribution in [2.75, 3.05) is 13.1 Å². The van der Waals surface area contributed by atoms with Crippen LogP contribution in [0.5, 0.6) is 0 Å². The van der Waals surface area contributed by atoms with Crippen LogP contribution in [0.3, 0.4) is 0 Å². The van der Waals surface area contributed by atoms with Crippen molar-refractivity contribution in [1.82, 2.24) is 10.2 Å². The number of carbonyl (C=O) groups is 1. The molecule has 0 saturated carbocycles. The molecule has 122 valence electrons. The van der Waals surface area contributed by atoms with Crippen molar-refractivity contribution in [2.45, 2.75) is 25.4 Å². The Morgan fingerprint density at radius 1 is 1.22 bits per heavy atom. The molecule has 2 heterocycles. The maximum absolute atomic E-state index is 12.2. The minimum atomic E-state index is 0.0388. The van der Waals surface area contributed by atoms with Crippen LogP contribution in [0.2, 0.25) is 5.02 Å². The van der Waals surface area contributed by atoms with Crippen molar-refractivity contribution in [3.8, 4) is 0 Å². The minimum Gasteiger partial charge on any atom is -0.349 e. The second-order valence-electron chi connectivity index (χ2n) is 5.75. The van der Waals surface area contributed by atoms with Crippen molar-refractivity contribution in [1.29, 1.82) is 0 Å². The lowest BCUT2D eigenvalue weighted by molar-refractivity contribution is 0.0913. The molecule has 1 fully saturated rings. The Morgan fingerprint density at radius 2 is 1.91 bits per heavy atom. The largest absolute Gasteiger partial charge is 0.349 e. The molecule has 1 aliphatic heterocycles.